The molecule has 0 saturated heterocycles. The highest BCUT2D eigenvalue weighted by molar-refractivity contribution is 7.97. The van der Waals surface area contributed by atoms with Crippen LogP contribution in [0.2, 0.25) is 5.02 Å². The number of nitro groups is 1. The van der Waals surface area contributed by atoms with Gasteiger partial charge >= 0.3 is 0 Å². The predicted octanol–water partition coefficient (Wildman–Crippen LogP) is 8.24. The van der Waals surface area contributed by atoms with Crippen molar-refractivity contribution in [1.29, 1.82) is 5.26 Å². The molecule has 43 heavy (non-hydrogen) atoms. The molecule has 1 atom stereocenters. The Labute approximate surface area is 261 Å². The number of anilines is 1. The van der Waals surface area contributed by atoms with Gasteiger partial charge in [0.05, 0.1) is 33.2 Å². The van der Waals surface area contributed by atoms with E-state index < -0.39 is 10.8 Å². The van der Waals surface area contributed by atoms with Crippen LogP contribution in [0.5, 0.6) is 0 Å². The summed E-state index contributed by atoms with van der Waals surface area (Å²) in [7, 11) is 0. The number of rotatable bonds is 7. The number of nitrogens with zero attached hydrogens (tertiary/aromatic N) is 3. The van der Waals surface area contributed by atoms with Gasteiger partial charge in [-0.2, -0.15) is 17.0 Å². The number of ketones is 1. The summed E-state index contributed by atoms with van der Waals surface area (Å²) in [6.45, 7) is 8.14. The van der Waals surface area contributed by atoms with Crippen molar-refractivity contribution >= 4 is 40.5 Å². The predicted molar refractivity (Wildman–Crippen MR) is 173 cm³/mol. The Bertz CT molecular complexity index is 1740. The molecule has 2 aliphatic rings. The van der Waals surface area contributed by atoms with Gasteiger partial charge < -0.3 is 5.73 Å². The Hall–Kier alpha value is -4.06. The van der Waals surface area contributed by atoms with E-state index in [1.165, 1.54) is 23.8 Å². The lowest BCUT2D eigenvalue weighted by atomic mass is 9.68. The molecule has 220 valence electrons. The molecule has 0 spiro atoms. The molecule has 0 radical (unpaired) electrons. The van der Waals surface area contributed by atoms with Crippen LogP contribution < -0.4 is 10.6 Å². The van der Waals surface area contributed by atoms with Crippen molar-refractivity contribution in [2.75, 3.05) is 4.90 Å². The Kier molecular flexibility index (Phi) is 8.42. The second kappa shape index (κ2) is 11.9. The molecule has 1 heterocycles. The van der Waals surface area contributed by atoms with Gasteiger partial charge in [-0.1, -0.05) is 67.9 Å². The molecular weight excluding hydrogens is 580 g/mol. The summed E-state index contributed by atoms with van der Waals surface area (Å²) >= 11 is 8.41. The molecule has 5 rings (SSSR count). The average molecular weight is 613 g/mol. The maximum absolute atomic E-state index is 14.0. The molecule has 3 aromatic carbocycles. The minimum absolute atomic E-state index is 0.0421. The van der Waals surface area contributed by atoms with Gasteiger partial charge in [-0.25, -0.2) is 0 Å². The molecular formula is C34H33ClN4O3S. The van der Waals surface area contributed by atoms with E-state index in [2.05, 4.69) is 37.3 Å². The van der Waals surface area contributed by atoms with E-state index in [0.717, 1.165) is 33.8 Å². The summed E-state index contributed by atoms with van der Waals surface area (Å²) in [4.78, 5) is 26.5. The minimum Gasteiger partial charge on any atom is -0.384 e. The molecule has 2 N–H and O–H groups in total. The van der Waals surface area contributed by atoms with Crippen molar-refractivity contribution in [3.8, 4) is 6.07 Å². The molecule has 3 aromatic rings. The first kappa shape index (κ1) is 30.4. The standard InChI is InChI=1S/C34H33ClN4O3S/c1-20-12-21(2)25(13-23(20)19-43-18-22-8-6-5-7-9-22)31-26(17-36)33(37)38(28-11-10-24(39(41)42)14-27(28)35)29-15-34(3,4)16-30(40)32(29)31/h5-14,31H,15-16,18-19,37H2,1-4H3. The molecule has 1 aliphatic carbocycles. The summed E-state index contributed by atoms with van der Waals surface area (Å²) in [6, 6.07) is 21.0. The fourth-order valence-corrected chi connectivity index (χ4v) is 7.44. The minimum atomic E-state index is -0.629. The fraction of sp³-hybridized carbons (Fsp3) is 0.294. The Morgan fingerprint density at radius 1 is 1.09 bits per heavy atom. The number of aryl methyl sites for hydroxylation is 2. The van der Waals surface area contributed by atoms with E-state index in [1.54, 1.807) is 4.90 Å². The summed E-state index contributed by atoms with van der Waals surface area (Å²) in [6.07, 6.45) is 0.843. The van der Waals surface area contributed by atoms with E-state index in [4.69, 9.17) is 17.3 Å². The number of allylic oxidation sites excluding steroid dienone is 3. The zero-order chi connectivity index (χ0) is 31.1. The zero-order valence-corrected chi connectivity index (χ0v) is 26.2. The molecule has 0 bridgehead atoms. The number of carbonyl (C=O) groups is 1. The van der Waals surface area contributed by atoms with Crippen LogP contribution in [0.4, 0.5) is 11.4 Å². The third-order valence-electron chi connectivity index (χ3n) is 8.17. The first-order chi connectivity index (χ1) is 20.4. The third-order valence-corrected chi connectivity index (χ3v) is 9.52. The van der Waals surface area contributed by atoms with Crippen molar-refractivity contribution in [2.45, 2.75) is 58.0 Å². The molecule has 1 unspecified atom stereocenters. The lowest BCUT2D eigenvalue weighted by Crippen LogP contribution is -2.42. The molecule has 0 amide bonds. The van der Waals surface area contributed by atoms with Crippen molar-refractivity contribution in [2.24, 2.45) is 11.1 Å². The molecule has 0 aromatic heterocycles. The number of nitro benzene ring substituents is 1. The van der Waals surface area contributed by atoms with Crippen molar-refractivity contribution in [3.05, 3.63) is 126 Å². The first-order valence-electron chi connectivity index (χ1n) is 14.0. The van der Waals surface area contributed by atoms with Crippen LogP contribution in [0.1, 0.15) is 60.4 Å². The van der Waals surface area contributed by atoms with Gasteiger partial charge in [-0.3, -0.25) is 19.8 Å². The van der Waals surface area contributed by atoms with Gasteiger partial charge in [0, 0.05) is 41.3 Å². The smallest absolute Gasteiger partial charge is 0.271 e. The third kappa shape index (κ3) is 5.93. The largest absolute Gasteiger partial charge is 0.384 e. The highest BCUT2D eigenvalue weighted by atomic mass is 35.5. The second-order valence-corrected chi connectivity index (χ2v) is 13.4. The average Bonchev–Trinajstić information content (AvgIpc) is 2.94. The number of Topliss-reactive ketones (excluding diaryl/α,β-unsaturated/α-hetero) is 1. The maximum atomic E-state index is 14.0. The van der Waals surface area contributed by atoms with E-state index >= 15 is 0 Å². The summed E-state index contributed by atoms with van der Waals surface area (Å²) in [5.74, 6) is 1.15. The first-order valence-corrected chi connectivity index (χ1v) is 15.6. The Balaban J connectivity index is 1.64. The zero-order valence-electron chi connectivity index (χ0n) is 24.6. The summed E-state index contributed by atoms with van der Waals surface area (Å²) in [5.41, 5.74) is 13.6. The number of non-ortho nitro benzene ring substituents is 1. The van der Waals surface area contributed by atoms with Crippen LogP contribution in [-0.2, 0) is 16.3 Å². The van der Waals surface area contributed by atoms with E-state index in [1.807, 2.05) is 50.7 Å². The van der Waals surface area contributed by atoms with Crippen molar-refractivity contribution in [3.63, 3.8) is 0 Å². The molecule has 7 nitrogen and oxygen atoms in total. The number of nitriles is 1. The maximum Gasteiger partial charge on any atom is 0.271 e. The van der Waals surface area contributed by atoms with Gasteiger partial charge in [0.25, 0.3) is 5.69 Å². The lowest BCUT2D eigenvalue weighted by molar-refractivity contribution is -0.384. The topological polar surface area (TPSA) is 113 Å². The number of benzene rings is 3. The van der Waals surface area contributed by atoms with Crippen LogP contribution in [0.25, 0.3) is 0 Å². The highest BCUT2D eigenvalue weighted by Crippen LogP contribution is 2.52. The van der Waals surface area contributed by atoms with E-state index in [0.29, 0.717) is 29.8 Å². The number of nitrogens with two attached hydrogens (primary N) is 1. The van der Waals surface area contributed by atoms with Crippen LogP contribution in [0.3, 0.4) is 0 Å². The SMILES string of the molecule is Cc1cc(C)c(C2C(C#N)=C(N)N(c3ccc([N+](=O)[O-])cc3Cl)C3=C2C(=O)CC(C)(C)C3)cc1CSCc1ccccc1. The van der Waals surface area contributed by atoms with Gasteiger partial charge in [0.2, 0.25) is 0 Å². The molecule has 9 heteroatoms. The van der Waals surface area contributed by atoms with Crippen LogP contribution in [-0.4, -0.2) is 10.7 Å². The van der Waals surface area contributed by atoms with E-state index in [-0.39, 0.29) is 33.3 Å². The Morgan fingerprint density at radius 3 is 2.47 bits per heavy atom. The highest BCUT2D eigenvalue weighted by Gasteiger charge is 2.45. The van der Waals surface area contributed by atoms with E-state index in [9.17, 15) is 20.2 Å². The van der Waals surface area contributed by atoms with Crippen LogP contribution in [0, 0.1) is 40.7 Å². The second-order valence-electron chi connectivity index (χ2n) is 12.0. The van der Waals surface area contributed by atoms with Gasteiger partial charge in [-0.05, 0) is 59.6 Å². The van der Waals surface area contributed by atoms with Crippen LogP contribution >= 0.6 is 23.4 Å². The normalized spacial score (nSPS) is 18.0. The lowest BCUT2D eigenvalue weighted by Gasteiger charge is -2.44. The monoisotopic (exact) mass is 612 g/mol. The summed E-state index contributed by atoms with van der Waals surface area (Å²) < 4.78 is 0. The number of hydrogen-bond acceptors (Lipinski definition) is 7. The van der Waals surface area contributed by atoms with Gasteiger partial charge in [0.15, 0.2) is 5.78 Å². The molecule has 0 fully saturated rings. The number of hydrogen-bond donors (Lipinski definition) is 1. The summed E-state index contributed by atoms with van der Waals surface area (Å²) in [5, 5.41) is 22.0. The number of thioether (sulfide) groups is 1. The van der Waals surface area contributed by atoms with Gasteiger partial charge in [-0.15, -0.1) is 0 Å². The fourth-order valence-electron chi connectivity index (χ4n) is 6.12. The van der Waals surface area contributed by atoms with Crippen LogP contribution in [0.15, 0.2) is 83.3 Å². The van der Waals surface area contributed by atoms with Crippen molar-refractivity contribution in [1.82, 2.24) is 0 Å². The molecule has 0 saturated carbocycles. The quantitative estimate of drug-likeness (QED) is 0.211. The Morgan fingerprint density at radius 2 is 1.81 bits per heavy atom. The number of halogens is 1. The number of carbonyl (C=O) groups excluding carboxylic acids is 1. The van der Waals surface area contributed by atoms with Gasteiger partial charge in [0.1, 0.15) is 5.82 Å². The molecule has 1 aliphatic heterocycles. The van der Waals surface area contributed by atoms with Crippen molar-refractivity contribution < 1.29 is 9.72 Å².